The Labute approximate surface area is 171 Å². The highest BCUT2D eigenvalue weighted by Crippen LogP contribution is 2.21. The van der Waals surface area contributed by atoms with Gasteiger partial charge in [0.15, 0.2) is 6.61 Å². The molecule has 2 aromatic heterocycles. The summed E-state index contributed by atoms with van der Waals surface area (Å²) >= 11 is 1.71. The second-order valence-corrected chi connectivity index (χ2v) is 7.48. The average Bonchev–Trinajstić information content (AvgIpc) is 3.06. The number of aryl methyl sites for hydroxylation is 2. The van der Waals surface area contributed by atoms with Gasteiger partial charge in [-0.05, 0) is 31.2 Å². The van der Waals surface area contributed by atoms with E-state index in [1.54, 1.807) is 18.7 Å². The van der Waals surface area contributed by atoms with Crippen molar-refractivity contribution in [3.05, 3.63) is 58.3 Å². The van der Waals surface area contributed by atoms with Crippen LogP contribution in [0.2, 0.25) is 0 Å². The van der Waals surface area contributed by atoms with Gasteiger partial charge < -0.3 is 19.0 Å². The van der Waals surface area contributed by atoms with Gasteiger partial charge in [0.1, 0.15) is 23.0 Å². The van der Waals surface area contributed by atoms with Crippen molar-refractivity contribution in [3.63, 3.8) is 0 Å². The first-order valence-electron chi connectivity index (χ1n) is 9.03. The molecule has 0 radical (unpaired) electrons. The first-order chi connectivity index (χ1) is 14.0. The molecule has 0 aliphatic heterocycles. The number of hydrogen-bond acceptors (Lipinski definition) is 7. The van der Waals surface area contributed by atoms with E-state index >= 15 is 0 Å². The molecule has 9 heteroatoms. The quantitative estimate of drug-likeness (QED) is 0.342. The number of benzene rings is 1. The van der Waals surface area contributed by atoms with Gasteiger partial charge in [-0.15, -0.1) is 11.8 Å². The number of ether oxygens (including phenoxy) is 1. The maximum atomic E-state index is 12.4. The van der Waals surface area contributed by atoms with Gasteiger partial charge in [0, 0.05) is 18.5 Å². The number of hydrogen-bond donors (Lipinski definition) is 1. The Morgan fingerprint density at radius 2 is 2.03 bits per heavy atom. The van der Waals surface area contributed by atoms with Crippen molar-refractivity contribution < 1.29 is 18.7 Å². The molecule has 0 saturated heterocycles. The fourth-order valence-electron chi connectivity index (χ4n) is 2.69. The third kappa shape index (κ3) is 5.05. The third-order valence-corrected chi connectivity index (χ3v) is 5.24. The number of esters is 1. The van der Waals surface area contributed by atoms with Gasteiger partial charge in [0.05, 0.1) is 0 Å². The zero-order chi connectivity index (χ0) is 20.8. The fourth-order valence-corrected chi connectivity index (χ4v) is 3.57. The zero-order valence-corrected chi connectivity index (χ0v) is 17.0. The summed E-state index contributed by atoms with van der Waals surface area (Å²) in [7, 11) is 1.52. The first kappa shape index (κ1) is 20.7. The summed E-state index contributed by atoms with van der Waals surface area (Å²) in [5, 5.41) is 2.76. The smallest absolute Gasteiger partial charge is 0.343 e. The van der Waals surface area contributed by atoms with Crippen molar-refractivity contribution in [2.24, 2.45) is 7.05 Å². The molecule has 1 amide bonds. The molecule has 3 rings (SSSR count). The number of thioether (sulfide) groups is 1. The number of nitrogens with zero attached hydrogens (tertiary/aromatic N) is 2. The van der Waals surface area contributed by atoms with Crippen LogP contribution >= 0.6 is 11.8 Å². The minimum atomic E-state index is -0.791. The van der Waals surface area contributed by atoms with E-state index in [1.165, 1.54) is 22.8 Å². The Kier molecular flexibility index (Phi) is 6.71. The Morgan fingerprint density at radius 3 is 2.79 bits per heavy atom. The van der Waals surface area contributed by atoms with Crippen LogP contribution in [0.1, 0.15) is 22.5 Å². The van der Waals surface area contributed by atoms with E-state index in [4.69, 9.17) is 9.15 Å². The van der Waals surface area contributed by atoms with Crippen LogP contribution in [-0.4, -0.2) is 40.3 Å². The monoisotopic (exact) mass is 415 g/mol. The maximum absolute atomic E-state index is 12.4. The molecule has 8 nitrogen and oxygen atoms in total. The van der Waals surface area contributed by atoms with E-state index in [0.29, 0.717) is 6.54 Å². The van der Waals surface area contributed by atoms with E-state index in [1.807, 2.05) is 30.3 Å². The highest BCUT2D eigenvalue weighted by Gasteiger charge is 2.24. The normalized spacial score (nSPS) is 10.8. The fraction of sp³-hybridized carbons (Fsp3) is 0.300. The van der Waals surface area contributed by atoms with E-state index in [9.17, 15) is 14.4 Å². The highest BCUT2D eigenvalue weighted by molar-refractivity contribution is 7.99. The van der Waals surface area contributed by atoms with Crippen LogP contribution in [0.15, 0.2) is 50.8 Å². The van der Waals surface area contributed by atoms with Crippen LogP contribution in [0.25, 0.3) is 11.1 Å². The topological polar surface area (TPSA) is 103 Å². The summed E-state index contributed by atoms with van der Waals surface area (Å²) in [5.41, 5.74) is -0.349. The molecule has 0 fully saturated rings. The maximum Gasteiger partial charge on any atom is 0.343 e. The van der Waals surface area contributed by atoms with Gasteiger partial charge >= 0.3 is 5.97 Å². The summed E-state index contributed by atoms with van der Waals surface area (Å²) in [4.78, 5) is 41.8. The largest absolute Gasteiger partial charge is 0.452 e. The predicted molar refractivity (Wildman–Crippen MR) is 109 cm³/mol. The van der Waals surface area contributed by atoms with Gasteiger partial charge in [-0.2, -0.15) is 0 Å². The van der Waals surface area contributed by atoms with Gasteiger partial charge in [-0.25, -0.2) is 9.78 Å². The number of carbonyl (C=O) groups excluding carboxylic acids is 2. The lowest BCUT2D eigenvalue weighted by molar-refractivity contribution is -0.124. The van der Waals surface area contributed by atoms with Crippen molar-refractivity contribution in [3.8, 4) is 0 Å². The van der Waals surface area contributed by atoms with E-state index in [0.717, 1.165) is 12.2 Å². The van der Waals surface area contributed by atoms with E-state index in [-0.39, 0.29) is 22.4 Å². The lowest BCUT2D eigenvalue weighted by Gasteiger charge is -2.06. The van der Waals surface area contributed by atoms with Crippen LogP contribution in [0, 0.1) is 6.92 Å². The molecule has 0 aliphatic rings. The van der Waals surface area contributed by atoms with E-state index in [2.05, 4.69) is 10.3 Å². The molecule has 0 bridgehead atoms. The molecular weight excluding hydrogens is 394 g/mol. The number of carbonyl (C=O) groups is 2. The molecule has 0 aliphatic carbocycles. The van der Waals surface area contributed by atoms with Crippen LogP contribution in [0.5, 0.6) is 0 Å². The summed E-state index contributed by atoms with van der Waals surface area (Å²) in [5.74, 6) is -0.111. The summed E-state index contributed by atoms with van der Waals surface area (Å²) in [6.07, 6.45) is 2.10. The van der Waals surface area contributed by atoms with Crippen LogP contribution in [0.3, 0.4) is 0 Å². The molecular formula is C20H21N3O5S. The molecule has 0 unspecified atom stereocenters. The standard InChI is InChI=1S/C20H21N3O5S/c1-13-16(17-18(28-13)22-12-23(2)19(17)25)20(26)27-11-15(24)21-9-6-10-29-14-7-4-3-5-8-14/h3-5,7-8,12H,6,9-11H2,1-2H3,(H,21,24). The van der Waals surface area contributed by atoms with Crippen molar-refractivity contribution in [2.45, 2.75) is 18.2 Å². The van der Waals surface area contributed by atoms with Crippen LogP contribution < -0.4 is 10.9 Å². The minimum absolute atomic E-state index is 0.000705. The number of furan rings is 1. The molecule has 1 N–H and O–H groups in total. The second-order valence-electron chi connectivity index (χ2n) is 6.32. The molecule has 1 aromatic carbocycles. The SMILES string of the molecule is Cc1oc2ncn(C)c(=O)c2c1C(=O)OCC(=O)NCCCSc1ccccc1. The minimum Gasteiger partial charge on any atom is -0.452 e. The molecule has 3 aromatic rings. The number of amides is 1. The van der Waals surface area contributed by atoms with Gasteiger partial charge in [-0.3, -0.25) is 9.59 Å². The number of fused-ring (bicyclic) bond motifs is 1. The lowest BCUT2D eigenvalue weighted by atomic mass is 10.2. The van der Waals surface area contributed by atoms with Crippen molar-refractivity contribution in [1.29, 1.82) is 0 Å². The molecule has 2 heterocycles. The first-order valence-corrected chi connectivity index (χ1v) is 10.0. The molecule has 0 saturated carbocycles. The van der Waals surface area contributed by atoms with Crippen LogP contribution in [-0.2, 0) is 16.6 Å². The zero-order valence-electron chi connectivity index (χ0n) is 16.1. The number of aromatic nitrogens is 2. The van der Waals surface area contributed by atoms with Crippen molar-refractivity contribution in [2.75, 3.05) is 18.9 Å². The third-order valence-electron chi connectivity index (χ3n) is 4.14. The van der Waals surface area contributed by atoms with Gasteiger partial charge in [-0.1, -0.05) is 18.2 Å². The Hall–Kier alpha value is -3.07. The highest BCUT2D eigenvalue weighted by atomic mass is 32.2. The van der Waals surface area contributed by atoms with E-state index < -0.39 is 24.0 Å². The Morgan fingerprint density at radius 1 is 1.28 bits per heavy atom. The van der Waals surface area contributed by atoms with Gasteiger partial charge in [0.25, 0.3) is 11.5 Å². The lowest BCUT2D eigenvalue weighted by Crippen LogP contribution is -2.30. The van der Waals surface area contributed by atoms with Gasteiger partial charge in [0.2, 0.25) is 5.71 Å². The number of nitrogens with one attached hydrogen (secondary N) is 1. The molecule has 152 valence electrons. The molecule has 29 heavy (non-hydrogen) atoms. The molecule has 0 atom stereocenters. The summed E-state index contributed by atoms with van der Waals surface area (Å²) < 4.78 is 11.7. The molecule has 0 spiro atoms. The average molecular weight is 415 g/mol. The van der Waals surface area contributed by atoms with Crippen molar-refractivity contribution >= 4 is 34.7 Å². The summed E-state index contributed by atoms with van der Waals surface area (Å²) in [6.45, 7) is 1.59. The Balaban J connectivity index is 1.47. The van der Waals surface area contributed by atoms with Crippen LogP contribution in [0.4, 0.5) is 0 Å². The van der Waals surface area contributed by atoms with Crippen molar-refractivity contribution in [1.82, 2.24) is 14.9 Å². The number of rotatable bonds is 8. The Bertz CT molecular complexity index is 1070. The summed E-state index contributed by atoms with van der Waals surface area (Å²) in [6, 6.07) is 10.00. The predicted octanol–water partition coefficient (Wildman–Crippen LogP) is 2.29. The second kappa shape index (κ2) is 9.42.